The molecule has 222 valence electrons. The molecule has 0 aromatic heterocycles. The second-order valence-corrected chi connectivity index (χ2v) is 11.2. The van der Waals surface area contributed by atoms with Crippen molar-refractivity contribution in [3.05, 3.63) is 95.3 Å². The molecule has 2 saturated heterocycles. The predicted molar refractivity (Wildman–Crippen MR) is 158 cm³/mol. The topological polar surface area (TPSA) is 68.3 Å². The van der Waals surface area contributed by atoms with Crippen molar-refractivity contribution in [2.45, 2.75) is 38.8 Å². The van der Waals surface area contributed by atoms with Crippen LogP contribution in [0.3, 0.4) is 0 Å². The summed E-state index contributed by atoms with van der Waals surface area (Å²) in [6, 6.07) is 21.8. The molecule has 42 heavy (non-hydrogen) atoms. The van der Waals surface area contributed by atoms with Crippen molar-refractivity contribution in [2.24, 2.45) is 11.8 Å². The fourth-order valence-corrected chi connectivity index (χ4v) is 5.81. The van der Waals surface area contributed by atoms with Gasteiger partial charge < -0.3 is 19.1 Å². The van der Waals surface area contributed by atoms with Gasteiger partial charge in [0.25, 0.3) is 0 Å². The van der Waals surface area contributed by atoms with E-state index in [9.17, 15) is 14.0 Å². The first-order chi connectivity index (χ1) is 20.5. The van der Waals surface area contributed by atoms with Crippen molar-refractivity contribution < 1.29 is 28.2 Å². The number of benzene rings is 3. The minimum atomic E-state index is -0.357. The highest BCUT2D eigenvalue weighted by Gasteiger charge is 2.29. The summed E-state index contributed by atoms with van der Waals surface area (Å²) >= 11 is 0. The summed E-state index contributed by atoms with van der Waals surface area (Å²) in [6.07, 6.45) is 2.93. The van der Waals surface area contributed by atoms with Crippen molar-refractivity contribution in [3.8, 4) is 11.5 Å². The minimum Gasteiger partial charge on any atom is -0.493 e. The van der Waals surface area contributed by atoms with Crippen molar-refractivity contribution in [2.75, 3.05) is 39.9 Å². The van der Waals surface area contributed by atoms with E-state index in [2.05, 4.69) is 17.0 Å². The van der Waals surface area contributed by atoms with E-state index in [4.69, 9.17) is 14.2 Å². The molecule has 3 aromatic rings. The van der Waals surface area contributed by atoms with Crippen LogP contribution in [0.1, 0.15) is 47.2 Å². The maximum Gasteiger partial charge on any atom is 0.409 e. The lowest BCUT2D eigenvalue weighted by atomic mass is 9.89. The zero-order chi connectivity index (χ0) is 29.3. The van der Waals surface area contributed by atoms with Crippen LogP contribution in [0.5, 0.6) is 11.5 Å². The number of hydrogen-bond acceptors (Lipinski definition) is 6. The van der Waals surface area contributed by atoms with Crippen LogP contribution < -0.4 is 9.47 Å². The number of hydrogen-bond donors (Lipinski definition) is 0. The Labute approximate surface area is 247 Å². The van der Waals surface area contributed by atoms with Gasteiger partial charge in [0, 0.05) is 43.6 Å². The average Bonchev–Trinajstić information content (AvgIpc) is 3.03. The molecular formula is C34H39FN2O5. The van der Waals surface area contributed by atoms with Crippen LogP contribution in [0.25, 0.3) is 0 Å². The second kappa shape index (κ2) is 14.3. The number of ketones is 1. The highest BCUT2D eigenvalue weighted by molar-refractivity contribution is 5.97. The highest BCUT2D eigenvalue weighted by atomic mass is 19.1. The molecule has 3 aromatic carbocycles. The van der Waals surface area contributed by atoms with Gasteiger partial charge in [-0.05, 0) is 79.8 Å². The van der Waals surface area contributed by atoms with E-state index in [0.29, 0.717) is 50.5 Å². The molecule has 1 atom stereocenters. The van der Waals surface area contributed by atoms with E-state index in [0.717, 1.165) is 49.4 Å². The second-order valence-electron chi connectivity index (χ2n) is 11.2. The van der Waals surface area contributed by atoms with Gasteiger partial charge in [-0.25, -0.2) is 9.18 Å². The first-order valence-corrected chi connectivity index (χ1v) is 14.8. The standard InChI is InChI=1S/C34H39FN2O5/c1-40-31-14-9-26(20-32(31)41-23-25-6-3-2-4-7-25)21-36-17-5-8-27(22-36)24-42-34(39)37-18-15-29(16-19-37)33(38)28-10-12-30(35)13-11-28/h2-4,6-7,9-14,20,27,29H,5,8,15-19,21-24H2,1H3. The van der Waals surface area contributed by atoms with Gasteiger partial charge in [0.2, 0.25) is 0 Å². The monoisotopic (exact) mass is 574 g/mol. The quantitative estimate of drug-likeness (QED) is 0.263. The summed E-state index contributed by atoms with van der Waals surface area (Å²) in [5, 5.41) is 0. The number of piperidine rings is 2. The summed E-state index contributed by atoms with van der Waals surface area (Å²) < 4.78 is 30.5. The molecule has 0 spiro atoms. The number of halogens is 1. The van der Waals surface area contributed by atoms with Gasteiger partial charge in [-0.3, -0.25) is 9.69 Å². The fourth-order valence-electron chi connectivity index (χ4n) is 5.81. The molecule has 0 bridgehead atoms. The molecule has 7 nitrogen and oxygen atoms in total. The number of nitrogens with zero attached hydrogens (tertiary/aromatic N) is 2. The van der Waals surface area contributed by atoms with E-state index in [1.165, 1.54) is 24.3 Å². The molecule has 2 heterocycles. The summed E-state index contributed by atoms with van der Waals surface area (Å²) in [5.41, 5.74) is 2.76. The van der Waals surface area contributed by atoms with Gasteiger partial charge in [-0.2, -0.15) is 0 Å². The summed E-state index contributed by atoms with van der Waals surface area (Å²) in [7, 11) is 1.65. The molecule has 2 aliphatic rings. The number of amides is 1. The van der Waals surface area contributed by atoms with Crippen molar-refractivity contribution in [1.29, 1.82) is 0 Å². The van der Waals surface area contributed by atoms with Gasteiger partial charge in [-0.15, -0.1) is 0 Å². The molecule has 0 radical (unpaired) electrons. The van der Waals surface area contributed by atoms with E-state index in [1.54, 1.807) is 12.0 Å². The third kappa shape index (κ3) is 7.88. The first-order valence-electron chi connectivity index (χ1n) is 14.8. The third-order valence-electron chi connectivity index (χ3n) is 8.17. The average molecular weight is 575 g/mol. The van der Waals surface area contributed by atoms with Gasteiger partial charge in [0.1, 0.15) is 12.4 Å². The SMILES string of the molecule is COc1ccc(CN2CCCC(COC(=O)N3CCC(C(=O)c4ccc(F)cc4)CC3)C2)cc1OCc1ccccc1. The number of carbonyl (C=O) groups is 2. The van der Waals surface area contributed by atoms with Gasteiger partial charge in [-0.1, -0.05) is 36.4 Å². The fraction of sp³-hybridized carbons (Fsp3) is 0.412. The van der Waals surface area contributed by atoms with Crippen LogP contribution in [-0.2, 0) is 17.9 Å². The number of carbonyl (C=O) groups excluding carboxylic acids is 2. The molecule has 0 aliphatic carbocycles. The smallest absolute Gasteiger partial charge is 0.409 e. The zero-order valence-corrected chi connectivity index (χ0v) is 24.2. The number of ether oxygens (including phenoxy) is 3. The Balaban J connectivity index is 1.07. The Morgan fingerprint density at radius 2 is 1.64 bits per heavy atom. The van der Waals surface area contributed by atoms with E-state index in [-0.39, 0.29) is 29.5 Å². The van der Waals surface area contributed by atoms with Gasteiger partial charge in [0.05, 0.1) is 13.7 Å². The molecule has 0 N–H and O–H groups in total. The molecule has 1 unspecified atom stereocenters. The van der Waals surface area contributed by atoms with Crippen LogP contribution in [0.4, 0.5) is 9.18 Å². The largest absolute Gasteiger partial charge is 0.493 e. The Bertz CT molecular complexity index is 1330. The van der Waals surface area contributed by atoms with Crippen LogP contribution in [0.15, 0.2) is 72.8 Å². The van der Waals surface area contributed by atoms with E-state index >= 15 is 0 Å². The Kier molecular flexibility index (Phi) is 10.1. The molecule has 2 aliphatic heterocycles. The number of methoxy groups -OCH3 is 1. The Morgan fingerprint density at radius 1 is 0.881 bits per heavy atom. The maximum absolute atomic E-state index is 13.2. The van der Waals surface area contributed by atoms with Crippen molar-refractivity contribution in [3.63, 3.8) is 0 Å². The van der Waals surface area contributed by atoms with Crippen LogP contribution >= 0.6 is 0 Å². The highest BCUT2D eigenvalue weighted by Crippen LogP contribution is 2.30. The first kappa shape index (κ1) is 29.6. The maximum atomic E-state index is 13.2. The summed E-state index contributed by atoms with van der Waals surface area (Å²) in [4.78, 5) is 29.6. The minimum absolute atomic E-state index is 0.0112. The summed E-state index contributed by atoms with van der Waals surface area (Å²) in [6.45, 7) is 4.46. The molecule has 0 saturated carbocycles. The molecular weight excluding hydrogens is 535 g/mol. The zero-order valence-electron chi connectivity index (χ0n) is 24.2. The van der Waals surface area contributed by atoms with Crippen molar-refractivity contribution >= 4 is 11.9 Å². The number of likely N-dealkylation sites (tertiary alicyclic amines) is 2. The van der Waals surface area contributed by atoms with E-state index in [1.807, 2.05) is 36.4 Å². The predicted octanol–water partition coefficient (Wildman–Crippen LogP) is 6.36. The molecule has 8 heteroatoms. The number of Topliss-reactive ketones (excluding diaryl/α,β-unsaturated/α-hetero) is 1. The van der Waals surface area contributed by atoms with Gasteiger partial charge >= 0.3 is 6.09 Å². The molecule has 2 fully saturated rings. The van der Waals surface area contributed by atoms with Crippen LogP contribution in [-0.4, -0.2) is 61.6 Å². The third-order valence-corrected chi connectivity index (χ3v) is 8.17. The van der Waals surface area contributed by atoms with Crippen molar-refractivity contribution in [1.82, 2.24) is 9.80 Å². The van der Waals surface area contributed by atoms with Crippen LogP contribution in [0.2, 0.25) is 0 Å². The summed E-state index contributed by atoms with van der Waals surface area (Å²) in [5.74, 6) is 1.20. The molecule has 1 amide bonds. The van der Waals surface area contributed by atoms with Crippen LogP contribution in [0, 0.1) is 17.7 Å². The lowest BCUT2D eigenvalue weighted by Gasteiger charge is -2.34. The normalized spacial score (nSPS) is 18.0. The van der Waals surface area contributed by atoms with E-state index < -0.39 is 0 Å². The Morgan fingerprint density at radius 3 is 2.38 bits per heavy atom. The lowest BCUT2D eigenvalue weighted by molar-refractivity contribution is 0.0534. The lowest BCUT2D eigenvalue weighted by Crippen LogP contribution is -2.42. The molecule has 5 rings (SSSR count). The Hall–Kier alpha value is -3.91. The number of rotatable bonds is 10. The van der Waals surface area contributed by atoms with Gasteiger partial charge in [0.15, 0.2) is 17.3 Å².